The van der Waals surface area contributed by atoms with E-state index in [1.807, 2.05) is 6.07 Å². The molecule has 0 saturated carbocycles. The molecule has 2 heteroatoms. The minimum absolute atomic E-state index is 0.885. The van der Waals surface area contributed by atoms with E-state index in [1.165, 1.54) is 11.1 Å². The minimum Gasteiger partial charge on any atom is -0.398 e. The van der Waals surface area contributed by atoms with Crippen LogP contribution < -0.4 is 11.5 Å². The maximum absolute atomic E-state index is 6.17. The maximum Gasteiger partial charge on any atom is 0.0383 e. The normalized spacial score (nSPS) is 10.6. The summed E-state index contributed by atoms with van der Waals surface area (Å²) in [5.41, 5.74) is 17.6. The molecule has 0 aromatic heterocycles. The van der Waals surface area contributed by atoms with Gasteiger partial charge in [0.15, 0.2) is 0 Å². The van der Waals surface area contributed by atoms with Gasteiger partial charge in [-0.25, -0.2) is 0 Å². The van der Waals surface area contributed by atoms with Crippen LogP contribution >= 0.6 is 0 Å². The highest BCUT2D eigenvalue weighted by Gasteiger charge is 2.10. The fourth-order valence-electron chi connectivity index (χ4n) is 1.99. The van der Waals surface area contributed by atoms with Crippen molar-refractivity contribution in [2.45, 2.75) is 46.5 Å². The second-order valence-corrected chi connectivity index (χ2v) is 4.14. The number of aryl methyl sites for hydroxylation is 1. The Kier molecular flexibility index (Phi) is 4.01. The van der Waals surface area contributed by atoms with E-state index < -0.39 is 0 Å². The van der Waals surface area contributed by atoms with Gasteiger partial charge in [0.2, 0.25) is 0 Å². The molecule has 0 aliphatic rings. The molecule has 15 heavy (non-hydrogen) atoms. The van der Waals surface area contributed by atoms with Crippen LogP contribution in [0, 0.1) is 6.92 Å². The van der Waals surface area contributed by atoms with E-state index in [9.17, 15) is 0 Å². The molecule has 84 valence electrons. The summed E-state index contributed by atoms with van der Waals surface area (Å²) in [5.74, 6) is 0. The van der Waals surface area contributed by atoms with Crippen molar-refractivity contribution in [1.82, 2.24) is 0 Å². The van der Waals surface area contributed by atoms with Gasteiger partial charge in [-0.2, -0.15) is 0 Å². The van der Waals surface area contributed by atoms with Crippen LogP contribution in [-0.2, 0) is 12.8 Å². The molecule has 0 spiro atoms. The predicted molar refractivity (Wildman–Crippen MR) is 68.0 cm³/mol. The van der Waals surface area contributed by atoms with Crippen LogP contribution in [0.4, 0.5) is 11.4 Å². The van der Waals surface area contributed by atoms with Crippen LogP contribution in [0.1, 0.15) is 43.4 Å². The summed E-state index contributed by atoms with van der Waals surface area (Å²) < 4.78 is 0. The molecule has 0 aliphatic carbocycles. The lowest BCUT2D eigenvalue weighted by molar-refractivity contribution is 0.894. The second-order valence-electron chi connectivity index (χ2n) is 4.14. The zero-order valence-electron chi connectivity index (χ0n) is 10.1. The molecule has 0 unspecified atom stereocenters. The van der Waals surface area contributed by atoms with E-state index in [1.54, 1.807) is 0 Å². The van der Waals surface area contributed by atoms with Crippen LogP contribution in [-0.4, -0.2) is 0 Å². The van der Waals surface area contributed by atoms with Crippen molar-refractivity contribution in [3.8, 4) is 0 Å². The summed E-state index contributed by atoms with van der Waals surface area (Å²) in [6, 6.07) is 2.04. The molecule has 1 rings (SSSR count). The van der Waals surface area contributed by atoms with E-state index >= 15 is 0 Å². The number of rotatable bonds is 4. The lowest BCUT2D eigenvalue weighted by atomic mass is 9.95. The Labute approximate surface area is 92.7 Å². The smallest absolute Gasteiger partial charge is 0.0383 e. The molecule has 0 aliphatic heterocycles. The van der Waals surface area contributed by atoms with Crippen LogP contribution in [0.2, 0.25) is 0 Å². The second kappa shape index (κ2) is 5.06. The molecule has 1 aromatic rings. The van der Waals surface area contributed by atoms with Gasteiger partial charge >= 0.3 is 0 Å². The lowest BCUT2D eigenvalue weighted by Gasteiger charge is -2.15. The number of hydrogen-bond donors (Lipinski definition) is 2. The van der Waals surface area contributed by atoms with E-state index in [-0.39, 0.29) is 0 Å². The van der Waals surface area contributed by atoms with Crippen LogP contribution in [0.25, 0.3) is 0 Å². The van der Waals surface area contributed by atoms with Crippen molar-refractivity contribution >= 4 is 11.4 Å². The monoisotopic (exact) mass is 206 g/mol. The maximum atomic E-state index is 6.17. The first-order valence-electron chi connectivity index (χ1n) is 5.78. The summed E-state index contributed by atoms with van der Waals surface area (Å²) >= 11 is 0. The Hall–Kier alpha value is -1.18. The van der Waals surface area contributed by atoms with E-state index in [0.717, 1.165) is 42.6 Å². The Morgan fingerprint density at radius 2 is 1.67 bits per heavy atom. The molecular formula is C13H22N2. The van der Waals surface area contributed by atoms with Gasteiger partial charge < -0.3 is 11.5 Å². The van der Waals surface area contributed by atoms with Gasteiger partial charge in [0.05, 0.1) is 0 Å². The average molecular weight is 206 g/mol. The first kappa shape index (κ1) is 11.9. The number of anilines is 2. The van der Waals surface area contributed by atoms with Gasteiger partial charge in [-0.15, -0.1) is 0 Å². The van der Waals surface area contributed by atoms with Gasteiger partial charge in [-0.05, 0) is 42.5 Å². The molecule has 1 aromatic carbocycles. The standard InChI is InChI=1S/C13H22N2/c1-4-6-10-8-12(14)9(3)11(7-5-2)13(10)15/h8H,4-7,14-15H2,1-3H3. The zero-order valence-corrected chi connectivity index (χ0v) is 10.1. The molecule has 0 radical (unpaired) electrons. The Morgan fingerprint density at radius 1 is 1.07 bits per heavy atom. The van der Waals surface area contributed by atoms with Gasteiger partial charge in [0.1, 0.15) is 0 Å². The number of nitrogens with two attached hydrogens (primary N) is 2. The van der Waals surface area contributed by atoms with Gasteiger partial charge in [0.25, 0.3) is 0 Å². The first-order valence-corrected chi connectivity index (χ1v) is 5.78. The summed E-state index contributed by atoms with van der Waals surface area (Å²) in [5, 5.41) is 0. The topological polar surface area (TPSA) is 52.0 Å². The van der Waals surface area contributed by atoms with Gasteiger partial charge in [-0.1, -0.05) is 26.7 Å². The van der Waals surface area contributed by atoms with Crippen molar-refractivity contribution < 1.29 is 0 Å². The van der Waals surface area contributed by atoms with E-state index in [0.29, 0.717) is 0 Å². The summed E-state index contributed by atoms with van der Waals surface area (Å²) in [4.78, 5) is 0. The van der Waals surface area contributed by atoms with Gasteiger partial charge in [0, 0.05) is 11.4 Å². The van der Waals surface area contributed by atoms with Crippen molar-refractivity contribution in [2.24, 2.45) is 0 Å². The Balaban J connectivity index is 3.22. The molecule has 0 bridgehead atoms. The molecular weight excluding hydrogens is 184 g/mol. The fourth-order valence-corrected chi connectivity index (χ4v) is 1.99. The quantitative estimate of drug-likeness (QED) is 0.744. The largest absolute Gasteiger partial charge is 0.398 e. The Morgan fingerprint density at radius 3 is 2.20 bits per heavy atom. The molecule has 2 nitrogen and oxygen atoms in total. The third-order valence-corrected chi connectivity index (χ3v) is 2.91. The van der Waals surface area contributed by atoms with Crippen LogP contribution in [0.5, 0.6) is 0 Å². The highest BCUT2D eigenvalue weighted by molar-refractivity contribution is 5.66. The van der Waals surface area contributed by atoms with Crippen molar-refractivity contribution in [3.05, 3.63) is 22.8 Å². The Bertz CT molecular complexity index is 343. The summed E-state index contributed by atoms with van der Waals surface area (Å²) in [6.07, 6.45) is 4.27. The zero-order chi connectivity index (χ0) is 11.4. The molecule has 0 fully saturated rings. The average Bonchev–Trinajstić information content (AvgIpc) is 2.21. The number of benzene rings is 1. The molecule has 4 N–H and O–H groups in total. The predicted octanol–water partition coefficient (Wildman–Crippen LogP) is 3.06. The third-order valence-electron chi connectivity index (χ3n) is 2.91. The van der Waals surface area contributed by atoms with Gasteiger partial charge in [-0.3, -0.25) is 0 Å². The number of hydrogen-bond acceptors (Lipinski definition) is 2. The van der Waals surface area contributed by atoms with Crippen molar-refractivity contribution in [2.75, 3.05) is 11.5 Å². The number of nitrogen functional groups attached to an aromatic ring is 2. The summed E-state index contributed by atoms with van der Waals surface area (Å²) in [6.45, 7) is 6.39. The fraction of sp³-hybridized carbons (Fsp3) is 0.538. The highest BCUT2D eigenvalue weighted by Crippen LogP contribution is 2.28. The SMILES string of the molecule is CCCc1cc(N)c(C)c(CCC)c1N. The molecule has 0 atom stereocenters. The van der Waals surface area contributed by atoms with Crippen LogP contribution in [0.3, 0.4) is 0 Å². The molecule has 0 saturated heterocycles. The highest BCUT2D eigenvalue weighted by atomic mass is 14.6. The third kappa shape index (κ3) is 2.44. The van der Waals surface area contributed by atoms with Crippen molar-refractivity contribution in [1.29, 1.82) is 0 Å². The van der Waals surface area contributed by atoms with Crippen molar-refractivity contribution in [3.63, 3.8) is 0 Å². The molecule has 0 heterocycles. The van der Waals surface area contributed by atoms with Crippen LogP contribution in [0.15, 0.2) is 6.07 Å². The minimum atomic E-state index is 0.885. The summed E-state index contributed by atoms with van der Waals surface area (Å²) in [7, 11) is 0. The van der Waals surface area contributed by atoms with E-state index in [2.05, 4.69) is 20.8 Å². The van der Waals surface area contributed by atoms with E-state index in [4.69, 9.17) is 11.5 Å². The lowest BCUT2D eigenvalue weighted by Crippen LogP contribution is -2.05. The molecule has 0 amide bonds. The first-order chi connectivity index (χ1) is 7.11.